The Morgan fingerprint density at radius 2 is 1.80 bits per heavy atom. The second-order valence-corrected chi connectivity index (χ2v) is 12.4. The standard InChI is InChI=1S/C31H32Cl2N2O6/c1-15(2)40-25-13-17(31(37)38)8-9-24(25)34-30(36)26-18-10-19(26)12-20(11-18)39-14-21-28(35-41-29(21)16-6-7-16)27-22(32)4-3-5-23(27)33/h3-5,8-9,13,15-16,18-20,26H,6-7,10-12,14H2,1-2H3,(H,34,36)(H,37,38). The van der Waals surface area contributed by atoms with E-state index < -0.39 is 5.97 Å². The predicted octanol–water partition coefficient (Wildman–Crippen LogP) is 7.58. The highest BCUT2D eigenvalue weighted by Gasteiger charge is 2.51. The highest BCUT2D eigenvalue weighted by molar-refractivity contribution is 6.39. The zero-order chi connectivity index (χ0) is 28.8. The third kappa shape index (κ3) is 5.70. The highest BCUT2D eigenvalue weighted by atomic mass is 35.5. The molecule has 4 aliphatic carbocycles. The van der Waals surface area contributed by atoms with Gasteiger partial charge in [-0.2, -0.15) is 0 Å². The van der Waals surface area contributed by atoms with Crippen LogP contribution in [0.4, 0.5) is 5.69 Å². The number of benzene rings is 2. The summed E-state index contributed by atoms with van der Waals surface area (Å²) in [4.78, 5) is 24.8. The average molecular weight is 600 g/mol. The normalized spacial score (nSPS) is 23.2. The Balaban J connectivity index is 1.12. The molecular formula is C31H32Cl2N2O6. The summed E-state index contributed by atoms with van der Waals surface area (Å²) in [5.74, 6) is 0.759. The topological polar surface area (TPSA) is 111 Å². The number of nitrogens with zero attached hydrogens (tertiary/aromatic N) is 1. The van der Waals surface area contributed by atoms with Gasteiger partial charge in [-0.3, -0.25) is 4.79 Å². The fourth-order valence-corrected chi connectivity index (χ4v) is 6.84. The number of aromatic nitrogens is 1. The molecule has 0 radical (unpaired) electrons. The fraction of sp³-hybridized carbons (Fsp3) is 0.452. The van der Waals surface area contributed by atoms with E-state index in [1.807, 2.05) is 13.8 Å². The van der Waals surface area contributed by atoms with E-state index in [4.69, 9.17) is 37.2 Å². The molecule has 41 heavy (non-hydrogen) atoms. The maximum absolute atomic E-state index is 13.3. The minimum absolute atomic E-state index is 0.0222. The first-order chi connectivity index (χ1) is 19.7. The molecule has 4 fully saturated rings. The molecule has 2 aromatic carbocycles. The quantitative estimate of drug-likeness (QED) is 0.247. The van der Waals surface area contributed by atoms with Gasteiger partial charge in [0.25, 0.3) is 0 Å². The van der Waals surface area contributed by atoms with Gasteiger partial charge in [0, 0.05) is 23.0 Å². The number of rotatable bonds is 10. The number of carboxylic acids is 1. The molecule has 3 aromatic rings. The van der Waals surface area contributed by atoms with E-state index in [-0.39, 0.29) is 41.4 Å². The second kappa shape index (κ2) is 11.3. The number of carbonyl (C=O) groups excluding carboxylic acids is 1. The van der Waals surface area contributed by atoms with Gasteiger partial charge in [-0.1, -0.05) is 34.4 Å². The molecular weight excluding hydrogens is 567 g/mol. The van der Waals surface area contributed by atoms with Crippen LogP contribution in [0.2, 0.25) is 10.0 Å². The summed E-state index contributed by atoms with van der Waals surface area (Å²) < 4.78 is 18.0. The lowest BCUT2D eigenvalue weighted by Gasteiger charge is -2.51. The number of hydrogen-bond donors (Lipinski definition) is 2. The van der Waals surface area contributed by atoms with Crippen molar-refractivity contribution in [3.05, 3.63) is 63.3 Å². The first-order valence-electron chi connectivity index (χ1n) is 14.1. The Kier molecular flexibility index (Phi) is 7.74. The number of halogens is 2. The summed E-state index contributed by atoms with van der Waals surface area (Å²) in [6, 6.07) is 9.90. The molecule has 8 nitrogen and oxygen atoms in total. The molecule has 2 bridgehead atoms. The van der Waals surface area contributed by atoms with Crippen molar-refractivity contribution in [1.82, 2.24) is 5.16 Å². The third-order valence-electron chi connectivity index (χ3n) is 8.33. The van der Waals surface area contributed by atoms with E-state index in [0.717, 1.165) is 43.4 Å². The number of aromatic carboxylic acids is 1. The number of amides is 1. The van der Waals surface area contributed by atoms with E-state index >= 15 is 0 Å². The molecule has 7 rings (SSSR count). The van der Waals surface area contributed by atoms with Crippen molar-refractivity contribution in [2.45, 2.75) is 70.7 Å². The van der Waals surface area contributed by atoms with Crippen molar-refractivity contribution in [3.8, 4) is 17.0 Å². The molecule has 216 valence electrons. The summed E-state index contributed by atoms with van der Waals surface area (Å²) in [5.41, 5.74) is 2.78. The zero-order valence-corrected chi connectivity index (χ0v) is 24.4. The molecule has 4 saturated carbocycles. The largest absolute Gasteiger partial charge is 0.489 e. The van der Waals surface area contributed by atoms with Crippen LogP contribution in [-0.2, 0) is 16.1 Å². The minimum atomic E-state index is -1.05. The summed E-state index contributed by atoms with van der Waals surface area (Å²) in [5, 5.41) is 17.7. The third-order valence-corrected chi connectivity index (χ3v) is 8.96. The van der Waals surface area contributed by atoms with Crippen LogP contribution in [0.5, 0.6) is 5.75 Å². The molecule has 0 saturated heterocycles. The van der Waals surface area contributed by atoms with Crippen molar-refractivity contribution >= 4 is 40.8 Å². The second-order valence-electron chi connectivity index (χ2n) is 11.6. The van der Waals surface area contributed by atoms with Crippen LogP contribution in [-0.4, -0.2) is 34.3 Å². The first-order valence-corrected chi connectivity index (χ1v) is 14.8. The Labute approximate surface area is 248 Å². The number of fused-ring (bicyclic) bond motifs is 2. The molecule has 0 aliphatic heterocycles. The minimum Gasteiger partial charge on any atom is -0.489 e. The van der Waals surface area contributed by atoms with Gasteiger partial charge in [-0.05, 0) is 88.1 Å². The molecule has 2 N–H and O–H groups in total. The van der Waals surface area contributed by atoms with Gasteiger partial charge >= 0.3 is 5.97 Å². The number of carbonyl (C=O) groups is 2. The van der Waals surface area contributed by atoms with Crippen molar-refractivity contribution < 1.29 is 28.7 Å². The molecule has 4 aliphatic rings. The molecule has 2 unspecified atom stereocenters. The number of nitrogens with one attached hydrogen (secondary N) is 1. The molecule has 2 atom stereocenters. The monoisotopic (exact) mass is 598 g/mol. The van der Waals surface area contributed by atoms with Crippen LogP contribution >= 0.6 is 23.2 Å². The maximum Gasteiger partial charge on any atom is 0.335 e. The van der Waals surface area contributed by atoms with Crippen LogP contribution in [0.1, 0.15) is 73.6 Å². The maximum atomic E-state index is 13.3. The average Bonchev–Trinajstić information content (AvgIpc) is 3.68. The number of anilines is 1. The van der Waals surface area contributed by atoms with Crippen molar-refractivity contribution in [3.63, 3.8) is 0 Å². The van der Waals surface area contributed by atoms with E-state index in [1.54, 1.807) is 24.3 Å². The SMILES string of the molecule is CC(C)Oc1cc(C(=O)O)ccc1NC(=O)C1C2CC(OCc3c(-c4c(Cl)cccc4Cl)noc3C3CC3)CC1C2. The van der Waals surface area contributed by atoms with Crippen LogP contribution in [0.25, 0.3) is 11.3 Å². The van der Waals surface area contributed by atoms with Crippen LogP contribution in [0.15, 0.2) is 40.9 Å². The van der Waals surface area contributed by atoms with Crippen molar-refractivity contribution in [1.29, 1.82) is 0 Å². The van der Waals surface area contributed by atoms with Gasteiger partial charge in [0.1, 0.15) is 17.2 Å². The molecule has 10 heteroatoms. The van der Waals surface area contributed by atoms with E-state index in [1.165, 1.54) is 12.1 Å². The molecule has 1 amide bonds. The van der Waals surface area contributed by atoms with Crippen molar-refractivity contribution in [2.75, 3.05) is 5.32 Å². The summed E-state index contributed by atoms with van der Waals surface area (Å²) >= 11 is 13.0. The highest BCUT2D eigenvalue weighted by Crippen LogP contribution is 2.53. The zero-order valence-electron chi connectivity index (χ0n) is 22.9. The Morgan fingerprint density at radius 1 is 1.10 bits per heavy atom. The number of hydrogen-bond acceptors (Lipinski definition) is 6. The van der Waals surface area contributed by atoms with Gasteiger partial charge in [0.05, 0.1) is 40.1 Å². The van der Waals surface area contributed by atoms with Crippen molar-refractivity contribution in [2.24, 2.45) is 17.8 Å². The van der Waals surface area contributed by atoms with E-state index in [2.05, 4.69) is 10.5 Å². The summed E-state index contributed by atoms with van der Waals surface area (Å²) in [7, 11) is 0. The van der Waals surface area contributed by atoms with Gasteiger partial charge < -0.3 is 24.4 Å². The van der Waals surface area contributed by atoms with Crippen LogP contribution < -0.4 is 10.1 Å². The van der Waals surface area contributed by atoms with Crippen LogP contribution in [0, 0.1) is 17.8 Å². The molecule has 1 aromatic heterocycles. The number of carboxylic acid groups (broad SMARTS) is 1. The molecule has 1 heterocycles. The predicted molar refractivity (Wildman–Crippen MR) is 155 cm³/mol. The smallest absolute Gasteiger partial charge is 0.335 e. The molecule has 0 spiro atoms. The van der Waals surface area contributed by atoms with Gasteiger partial charge in [0.15, 0.2) is 0 Å². The van der Waals surface area contributed by atoms with Crippen LogP contribution in [0.3, 0.4) is 0 Å². The summed E-state index contributed by atoms with van der Waals surface area (Å²) in [6.07, 6.45) is 4.54. The van der Waals surface area contributed by atoms with Gasteiger partial charge in [0.2, 0.25) is 5.91 Å². The lowest BCUT2D eigenvalue weighted by molar-refractivity contribution is -0.142. The van der Waals surface area contributed by atoms with E-state index in [9.17, 15) is 14.7 Å². The Morgan fingerprint density at radius 3 is 2.44 bits per heavy atom. The number of ether oxygens (including phenoxy) is 2. The lowest BCUT2D eigenvalue weighted by atomic mass is 9.56. The summed E-state index contributed by atoms with van der Waals surface area (Å²) in [6.45, 7) is 4.06. The van der Waals surface area contributed by atoms with Gasteiger partial charge in [-0.25, -0.2) is 4.79 Å². The fourth-order valence-electron chi connectivity index (χ4n) is 6.27. The van der Waals surface area contributed by atoms with Gasteiger partial charge in [-0.15, -0.1) is 0 Å². The first kappa shape index (κ1) is 28.1. The van der Waals surface area contributed by atoms with E-state index in [0.29, 0.717) is 45.3 Å². The lowest BCUT2D eigenvalue weighted by Crippen LogP contribution is -2.51. The Hall–Kier alpha value is -3.07. The Bertz CT molecular complexity index is 1450.